The van der Waals surface area contributed by atoms with Gasteiger partial charge in [-0.3, -0.25) is 8.98 Å². The molecule has 2 unspecified atom stereocenters. The van der Waals surface area contributed by atoms with E-state index in [1.807, 2.05) is 0 Å². The van der Waals surface area contributed by atoms with Crippen molar-refractivity contribution in [2.45, 2.75) is 83.1 Å². The van der Waals surface area contributed by atoms with Gasteiger partial charge in [0, 0.05) is 11.6 Å². The number of halogens is 3. The molecule has 1 aromatic carbocycles. The fourth-order valence-electron chi connectivity index (χ4n) is 3.57. The van der Waals surface area contributed by atoms with Gasteiger partial charge in [-0.15, -0.1) is 0 Å². The minimum absolute atomic E-state index is 0.216. The summed E-state index contributed by atoms with van der Waals surface area (Å²) in [7, 11) is -4.32. The van der Waals surface area contributed by atoms with E-state index in [0.717, 1.165) is 19.3 Å². The maximum absolute atomic E-state index is 14.6. The summed E-state index contributed by atoms with van der Waals surface area (Å²) in [5.74, 6) is -5.12. The zero-order valence-corrected chi connectivity index (χ0v) is 20.3. The van der Waals surface area contributed by atoms with Crippen molar-refractivity contribution in [3.05, 3.63) is 35.1 Å². The van der Waals surface area contributed by atoms with E-state index in [-0.39, 0.29) is 12.2 Å². The number of amides is 1. The molecule has 0 bridgehead atoms. The van der Waals surface area contributed by atoms with Crippen molar-refractivity contribution in [3.63, 3.8) is 0 Å². The van der Waals surface area contributed by atoms with E-state index in [1.165, 1.54) is 0 Å². The molecule has 0 aliphatic heterocycles. The van der Waals surface area contributed by atoms with Gasteiger partial charge in [-0.1, -0.05) is 6.42 Å². The molecular weight excluding hydrogens is 479 g/mol. The maximum Gasteiger partial charge on any atom is 0.407 e. The number of esters is 1. The highest BCUT2D eigenvalue weighted by molar-refractivity contribution is 7.86. The predicted octanol–water partition coefficient (Wildman–Crippen LogP) is 4.28. The lowest BCUT2D eigenvalue weighted by molar-refractivity contribution is -0.151. The lowest BCUT2D eigenvalue weighted by Gasteiger charge is -2.29. The zero-order chi connectivity index (χ0) is 25.7. The van der Waals surface area contributed by atoms with Gasteiger partial charge < -0.3 is 14.8 Å². The summed E-state index contributed by atoms with van der Waals surface area (Å²) in [4.78, 5) is 25.1. The highest BCUT2D eigenvalue weighted by atomic mass is 32.2. The standard InChI is InChI=1S/C22H30F3NO7S/c1-22(2,3)32-21(28)26-18(12-19(27)31-13-8-6-5-7-9-13)20(33-34(4,29)30)14-10-16(24)17(25)11-15(14)23/h10-11,13,18,20H,5-9,12H2,1-4H3,(H,26,28). The van der Waals surface area contributed by atoms with Crippen LogP contribution in [0.4, 0.5) is 18.0 Å². The first-order chi connectivity index (χ1) is 15.6. The molecule has 1 N–H and O–H groups in total. The molecule has 1 aliphatic carbocycles. The molecule has 1 amide bonds. The average molecular weight is 510 g/mol. The van der Waals surface area contributed by atoms with Crippen LogP contribution < -0.4 is 5.32 Å². The van der Waals surface area contributed by atoms with Crippen LogP contribution in [-0.2, 0) is 28.6 Å². The Bertz CT molecular complexity index is 989. The summed E-state index contributed by atoms with van der Waals surface area (Å²) in [6, 6.07) is -0.926. The third-order valence-corrected chi connectivity index (χ3v) is 5.49. The quantitative estimate of drug-likeness (QED) is 0.317. The Balaban J connectivity index is 2.41. The van der Waals surface area contributed by atoms with E-state index >= 15 is 0 Å². The van der Waals surface area contributed by atoms with Gasteiger partial charge in [-0.2, -0.15) is 8.42 Å². The molecule has 2 rings (SSSR count). The van der Waals surface area contributed by atoms with Crippen molar-refractivity contribution in [3.8, 4) is 0 Å². The van der Waals surface area contributed by atoms with Crippen LogP contribution >= 0.6 is 0 Å². The topological polar surface area (TPSA) is 108 Å². The highest BCUT2D eigenvalue weighted by Crippen LogP contribution is 2.30. The predicted molar refractivity (Wildman–Crippen MR) is 116 cm³/mol. The van der Waals surface area contributed by atoms with Crippen molar-refractivity contribution < 1.29 is 44.8 Å². The molecule has 0 spiro atoms. The van der Waals surface area contributed by atoms with Gasteiger partial charge in [-0.05, 0) is 52.5 Å². The van der Waals surface area contributed by atoms with Crippen LogP contribution in [0, 0.1) is 17.5 Å². The first-order valence-electron chi connectivity index (χ1n) is 10.9. The monoisotopic (exact) mass is 509 g/mol. The van der Waals surface area contributed by atoms with Crippen LogP contribution in [0.2, 0.25) is 0 Å². The van der Waals surface area contributed by atoms with Crippen LogP contribution in [0.1, 0.15) is 71.0 Å². The molecule has 0 aromatic heterocycles. The minimum atomic E-state index is -4.32. The van der Waals surface area contributed by atoms with E-state index in [1.54, 1.807) is 20.8 Å². The summed E-state index contributed by atoms with van der Waals surface area (Å²) < 4.78 is 81.4. The van der Waals surface area contributed by atoms with Crippen molar-refractivity contribution in [1.82, 2.24) is 5.32 Å². The largest absolute Gasteiger partial charge is 0.462 e. The van der Waals surface area contributed by atoms with Crippen LogP contribution in [0.15, 0.2) is 12.1 Å². The van der Waals surface area contributed by atoms with E-state index in [9.17, 15) is 31.2 Å². The molecule has 0 heterocycles. The Morgan fingerprint density at radius 3 is 2.21 bits per heavy atom. The second-order valence-corrected chi connectivity index (χ2v) is 10.8. The minimum Gasteiger partial charge on any atom is -0.462 e. The Morgan fingerprint density at radius 2 is 1.65 bits per heavy atom. The number of rotatable bonds is 8. The lowest BCUT2D eigenvalue weighted by Crippen LogP contribution is -2.45. The number of carbonyl (C=O) groups excluding carboxylic acids is 2. The zero-order valence-electron chi connectivity index (χ0n) is 19.5. The first-order valence-corrected chi connectivity index (χ1v) is 12.7. The fourth-order valence-corrected chi connectivity index (χ4v) is 4.18. The van der Waals surface area contributed by atoms with Crippen LogP contribution in [0.25, 0.3) is 0 Å². The fraction of sp³-hybridized carbons (Fsp3) is 0.636. The SMILES string of the molecule is CC(C)(C)OC(=O)NC(CC(=O)OC1CCCCC1)C(OS(C)(=O)=O)c1cc(F)c(F)cc1F. The summed E-state index contributed by atoms with van der Waals surface area (Å²) in [5, 5.41) is 2.29. The molecule has 0 radical (unpaired) electrons. The number of hydrogen-bond donors (Lipinski definition) is 1. The molecule has 2 atom stereocenters. The van der Waals surface area contributed by atoms with Crippen molar-refractivity contribution >= 4 is 22.2 Å². The summed E-state index contributed by atoms with van der Waals surface area (Å²) in [6.07, 6.45) is 0.735. The van der Waals surface area contributed by atoms with Crippen molar-refractivity contribution in [2.75, 3.05) is 6.26 Å². The second-order valence-electron chi connectivity index (χ2n) is 9.22. The van der Waals surface area contributed by atoms with E-state index in [0.29, 0.717) is 25.2 Å². The molecule has 12 heteroatoms. The van der Waals surface area contributed by atoms with Gasteiger partial charge >= 0.3 is 12.1 Å². The lowest BCUT2D eigenvalue weighted by atomic mass is 9.97. The van der Waals surface area contributed by atoms with Crippen LogP contribution in [0.5, 0.6) is 0 Å². The van der Waals surface area contributed by atoms with Crippen LogP contribution in [0.3, 0.4) is 0 Å². The van der Waals surface area contributed by atoms with Crippen LogP contribution in [-0.4, -0.2) is 44.5 Å². The molecule has 8 nitrogen and oxygen atoms in total. The molecule has 34 heavy (non-hydrogen) atoms. The first kappa shape index (κ1) is 27.9. The molecule has 1 aliphatic rings. The Morgan fingerprint density at radius 1 is 1.06 bits per heavy atom. The molecule has 1 fully saturated rings. The van der Waals surface area contributed by atoms with Crippen molar-refractivity contribution in [1.29, 1.82) is 0 Å². The maximum atomic E-state index is 14.6. The molecule has 1 aromatic rings. The summed E-state index contributed by atoms with van der Waals surface area (Å²) in [6.45, 7) is 4.70. The Labute approximate surface area is 197 Å². The summed E-state index contributed by atoms with van der Waals surface area (Å²) in [5.41, 5.74) is -1.67. The van der Waals surface area contributed by atoms with E-state index in [2.05, 4.69) is 5.32 Å². The summed E-state index contributed by atoms with van der Waals surface area (Å²) >= 11 is 0. The van der Waals surface area contributed by atoms with Gasteiger partial charge in [0.15, 0.2) is 11.6 Å². The number of alkyl carbamates (subject to hydrolysis) is 1. The molecular formula is C22H30F3NO7S. The molecule has 1 saturated carbocycles. The van der Waals surface area contributed by atoms with Gasteiger partial charge in [0.1, 0.15) is 23.6 Å². The average Bonchev–Trinajstić information content (AvgIpc) is 2.67. The Hall–Kier alpha value is -2.34. The number of benzene rings is 1. The highest BCUT2D eigenvalue weighted by Gasteiger charge is 2.36. The molecule has 0 saturated heterocycles. The number of ether oxygens (including phenoxy) is 2. The van der Waals surface area contributed by atoms with E-state index < -0.39 is 69.4 Å². The third-order valence-electron chi connectivity index (χ3n) is 4.93. The third kappa shape index (κ3) is 9.13. The number of hydrogen-bond acceptors (Lipinski definition) is 7. The Kier molecular flexibility index (Phi) is 9.35. The number of nitrogens with one attached hydrogen (secondary N) is 1. The molecule has 192 valence electrons. The number of carbonyl (C=O) groups is 2. The smallest absolute Gasteiger partial charge is 0.407 e. The van der Waals surface area contributed by atoms with E-state index in [4.69, 9.17) is 13.7 Å². The van der Waals surface area contributed by atoms with Crippen molar-refractivity contribution in [2.24, 2.45) is 0 Å². The van der Waals surface area contributed by atoms with Gasteiger partial charge in [0.25, 0.3) is 10.1 Å². The van der Waals surface area contributed by atoms with Gasteiger partial charge in [0.05, 0.1) is 18.7 Å². The normalized spacial score (nSPS) is 17.0. The van der Waals surface area contributed by atoms with Gasteiger partial charge in [0.2, 0.25) is 0 Å². The van der Waals surface area contributed by atoms with Gasteiger partial charge in [-0.25, -0.2) is 18.0 Å². The second kappa shape index (κ2) is 11.4.